The van der Waals surface area contributed by atoms with Gasteiger partial charge in [0.05, 0.1) is 12.4 Å². The smallest absolute Gasteiger partial charge is 0.243 e. The Kier molecular flexibility index (Phi) is 5.73. The van der Waals surface area contributed by atoms with Gasteiger partial charge in [0, 0.05) is 25.0 Å². The maximum absolute atomic E-state index is 12.4. The predicted octanol–water partition coefficient (Wildman–Crippen LogP) is 2.21. The van der Waals surface area contributed by atoms with Crippen molar-refractivity contribution in [1.82, 2.24) is 20.2 Å². The lowest BCUT2D eigenvalue weighted by molar-refractivity contribution is -0.129. The van der Waals surface area contributed by atoms with E-state index >= 15 is 0 Å². The van der Waals surface area contributed by atoms with E-state index in [9.17, 15) is 9.59 Å². The van der Waals surface area contributed by atoms with Crippen molar-refractivity contribution in [1.29, 1.82) is 0 Å². The standard InChI is InChI=1S/C18H24N4O2/c1-12(2)17(21-14(4)23)18(24)20-13(3)15-5-7-16(8-6-15)22-10-9-19-11-22/h5-13,17H,1-4H3,(H,20,24)(H,21,23)/t13-,17+/m1/s1. The number of nitrogens with one attached hydrogen (secondary N) is 2. The minimum Gasteiger partial charge on any atom is -0.348 e. The maximum atomic E-state index is 12.4. The molecule has 2 amide bonds. The van der Waals surface area contributed by atoms with Crippen LogP contribution in [0.3, 0.4) is 0 Å². The van der Waals surface area contributed by atoms with E-state index in [0.717, 1.165) is 11.3 Å². The molecule has 0 bridgehead atoms. The van der Waals surface area contributed by atoms with Crippen LogP contribution in [0.15, 0.2) is 43.0 Å². The molecule has 2 aromatic rings. The molecule has 1 heterocycles. The first-order valence-electron chi connectivity index (χ1n) is 8.04. The van der Waals surface area contributed by atoms with Crippen LogP contribution in [0.5, 0.6) is 0 Å². The van der Waals surface area contributed by atoms with Crippen LogP contribution in [0.2, 0.25) is 0 Å². The third-order valence-corrected chi connectivity index (χ3v) is 3.86. The number of aromatic nitrogens is 2. The number of benzene rings is 1. The van der Waals surface area contributed by atoms with Crippen molar-refractivity contribution < 1.29 is 9.59 Å². The summed E-state index contributed by atoms with van der Waals surface area (Å²) in [6.07, 6.45) is 5.34. The van der Waals surface area contributed by atoms with Gasteiger partial charge in [-0.15, -0.1) is 0 Å². The fourth-order valence-corrected chi connectivity index (χ4v) is 2.49. The number of hydrogen-bond acceptors (Lipinski definition) is 3. The predicted molar refractivity (Wildman–Crippen MR) is 92.6 cm³/mol. The van der Waals surface area contributed by atoms with Gasteiger partial charge < -0.3 is 15.2 Å². The summed E-state index contributed by atoms with van der Waals surface area (Å²) in [6.45, 7) is 7.16. The second-order valence-corrected chi connectivity index (χ2v) is 6.21. The Hall–Kier alpha value is -2.63. The lowest BCUT2D eigenvalue weighted by Crippen LogP contribution is -2.49. The molecule has 24 heavy (non-hydrogen) atoms. The highest BCUT2D eigenvalue weighted by Crippen LogP contribution is 2.16. The zero-order chi connectivity index (χ0) is 17.7. The molecule has 0 saturated carbocycles. The van der Waals surface area contributed by atoms with Crippen molar-refractivity contribution in [3.05, 3.63) is 48.5 Å². The topological polar surface area (TPSA) is 76.0 Å². The molecular weight excluding hydrogens is 304 g/mol. The molecule has 2 atom stereocenters. The Bertz CT molecular complexity index is 678. The van der Waals surface area contributed by atoms with Gasteiger partial charge in [0.25, 0.3) is 0 Å². The number of carbonyl (C=O) groups is 2. The zero-order valence-corrected chi connectivity index (χ0v) is 14.5. The maximum Gasteiger partial charge on any atom is 0.243 e. The summed E-state index contributed by atoms with van der Waals surface area (Å²) >= 11 is 0. The molecule has 6 nitrogen and oxygen atoms in total. The van der Waals surface area contributed by atoms with E-state index < -0.39 is 6.04 Å². The summed E-state index contributed by atoms with van der Waals surface area (Å²) in [5, 5.41) is 5.67. The largest absolute Gasteiger partial charge is 0.348 e. The Balaban J connectivity index is 2.04. The Morgan fingerprint density at radius 1 is 1.08 bits per heavy atom. The van der Waals surface area contributed by atoms with E-state index in [1.165, 1.54) is 6.92 Å². The molecule has 128 valence electrons. The molecule has 6 heteroatoms. The van der Waals surface area contributed by atoms with Crippen molar-refractivity contribution >= 4 is 11.8 Å². The van der Waals surface area contributed by atoms with E-state index in [4.69, 9.17) is 0 Å². The molecule has 0 fully saturated rings. The number of nitrogens with zero attached hydrogens (tertiary/aromatic N) is 2. The fraction of sp³-hybridized carbons (Fsp3) is 0.389. The minimum absolute atomic E-state index is 0.0183. The van der Waals surface area contributed by atoms with E-state index in [-0.39, 0.29) is 23.8 Å². The van der Waals surface area contributed by atoms with Gasteiger partial charge in [-0.05, 0) is 30.5 Å². The van der Waals surface area contributed by atoms with Gasteiger partial charge in [-0.25, -0.2) is 4.98 Å². The quantitative estimate of drug-likeness (QED) is 0.853. The van der Waals surface area contributed by atoms with E-state index in [0.29, 0.717) is 0 Å². The lowest BCUT2D eigenvalue weighted by atomic mass is 10.0. The van der Waals surface area contributed by atoms with Crippen LogP contribution in [0.25, 0.3) is 5.69 Å². The summed E-state index contributed by atoms with van der Waals surface area (Å²) in [4.78, 5) is 27.7. The molecule has 2 rings (SSSR count). The molecule has 0 unspecified atom stereocenters. The molecule has 2 N–H and O–H groups in total. The molecule has 0 aliphatic rings. The summed E-state index contributed by atoms with van der Waals surface area (Å²) < 4.78 is 1.92. The summed E-state index contributed by atoms with van der Waals surface area (Å²) in [5.74, 6) is -0.364. The molecule has 0 spiro atoms. The van der Waals surface area contributed by atoms with E-state index in [2.05, 4.69) is 15.6 Å². The number of amides is 2. The molecular formula is C18H24N4O2. The molecule has 0 radical (unpaired) electrons. The SMILES string of the molecule is CC(=O)N[C@H](C(=O)N[C@H](C)c1ccc(-n2ccnc2)cc1)C(C)C. The van der Waals surface area contributed by atoms with Crippen LogP contribution in [0.4, 0.5) is 0 Å². The Morgan fingerprint density at radius 2 is 1.75 bits per heavy atom. The van der Waals surface area contributed by atoms with Gasteiger partial charge in [-0.1, -0.05) is 26.0 Å². The van der Waals surface area contributed by atoms with Gasteiger partial charge in [-0.3, -0.25) is 9.59 Å². The number of carbonyl (C=O) groups excluding carboxylic acids is 2. The first kappa shape index (κ1) is 17.7. The second kappa shape index (κ2) is 7.77. The lowest BCUT2D eigenvalue weighted by Gasteiger charge is -2.23. The third kappa shape index (κ3) is 4.44. The highest BCUT2D eigenvalue weighted by Gasteiger charge is 2.24. The van der Waals surface area contributed by atoms with Crippen molar-refractivity contribution in [2.45, 2.75) is 39.8 Å². The third-order valence-electron chi connectivity index (χ3n) is 3.86. The van der Waals surface area contributed by atoms with E-state index in [1.807, 2.05) is 55.8 Å². The van der Waals surface area contributed by atoms with Gasteiger partial charge in [0.15, 0.2) is 0 Å². The summed E-state index contributed by atoms with van der Waals surface area (Å²) in [5.41, 5.74) is 2.01. The van der Waals surface area contributed by atoms with Gasteiger partial charge in [0.2, 0.25) is 11.8 Å². The van der Waals surface area contributed by atoms with Crippen LogP contribution in [-0.2, 0) is 9.59 Å². The Morgan fingerprint density at radius 3 is 2.25 bits per heavy atom. The van der Waals surface area contributed by atoms with Crippen molar-refractivity contribution in [3.8, 4) is 5.69 Å². The van der Waals surface area contributed by atoms with Crippen molar-refractivity contribution in [3.63, 3.8) is 0 Å². The first-order chi connectivity index (χ1) is 11.4. The van der Waals surface area contributed by atoms with E-state index in [1.54, 1.807) is 12.5 Å². The van der Waals surface area contributed by atoms with Crippen LogP contribution in [0, 0.1) is 5.92 Å². The van der Waals surface area contributed by atoms with Gasteiger partial charge in [0.1, 0.15) is 6.04 Å². The van der Waals surface area contributed by atoms with Crippen LogP contribution in [0.1, 0.15) is 39.3 Å². The Labute approximate surface area is 142 Å². The van der Waals surface area contributed by atoms with Crippen LogP contribution >= 0.6 is 0 Å². The fourth-order valence-electron chi connectivity index (χ4n) is 2.49. The second-order valence-electron chi connectivity index (χ2n) is 6.21. The average molecular weight is 328 g/mol. The van der Waals surface area contributed by atoms with Crippen molar-refractivity contribution in [2.75, 3.05) is 0 Å². The summed E-state index contributed by atoms with van der Waals surface area (Å²) in [7, 11) is 0. The zero-order valence-electron chi connectivity index (χ0n) is 14.5. The van der Waals surface area contributed by atoms with Gasteiger partial charge >= 0.3 is 0 Å². The molecule has 0 aliphatic carbocycles. The molecule has 1 aromatic heterocycles. The highest BCUT2D eigenvalue weighted by molar-refractivity contribution is 5.87. The van der Waals surface area contributed by atoms with Gasteiger partial charge in [-0.2, -0.15) is 0 Å². The highest BCUT2D eigenvalue weighted by atomic mass is 16.2. The first-order valence-corrected chi connectivity index (χ1v) is 8.04. The normalized spacial score (nSPS) is 13.4. The van der Waals surface area contributed by atoms with Crippen LogP contribution in [-0.4, -0.2) is 27.4 Å². The number of hydrogen-bond donors (Lipinski definition) is 2. The molecule has 1 aromatic carbocycles. The van der Waals surface area contributed by atoms with Crippen LogP contribution < -0.4 is 10.6 Å². The molecule has 0 saturated heterocycles. The average Bonchev–Trinajstić information content (AvgIpc) is 3.06. The number of rotatable bonds is 6. The van der Waals surface area contributed by atoms with Crippen molar-refractivity contribution in [2.24, 2.45) is 5.92 Å². The summed E-state index contributed by atoms with van der Waals surface area (Å²) in [6, 6.07) is 7.23. The molecule has 0 aliphatic heterocycles. The monoisotopic (exact) mass is 328 g/mol. The minimum atomic E-state index is -0.532. The number of imidazole rings is 1.